The van der Waals surface area contributed by atoms with E-state index < -0.39 is 30.7 Å². The largest absolute Gasteiger partial charge is 0.507 e. The molecule has 0 saturated carbocycles. The predicted octanol–water partition coefficient (Wildman–Crippen LogP) is 0.968. The van der Waals surface area contributed by atoms with Crippen LogP contribution in [-0.4, -0.2) is 34.3 Å². The summed E-state index contributed by atoms with van der Waals surface area (Å²) in [7, 11) is -8.10. The zero-order valence-electron chi connectivity index (χ0n) is 16.0. The molecule has 0 bridgehead atoms. The molecular formula is C18H24N4O5S2. The highest BCUT2D eigenvalue weighted by Crippen LogP contribution is 2.24. The van der Waals surface area contributed by atoms with Crippen LogP contribution in [-0.2, 0) is 26.5 Å². The summed E-state index contributed by atoms with van der Waals surface area (Å²) in [6, 6.07) is 8.42. The molecule has 9 nitrogen and oxygen atoms in total. The van der Waals surface area contributed by atoms with Gasteiger partial charge in [-0.25, -0.2) is 26.7 Å². The predicted molar refractivity (Wildman–Crippen MR) is 110 cm³/mol. The fourth-order valence-electron chi connectivity index (χ4n) is 2.70. The molecule has 0 radical (unpaired) electrons. The van der Waals surface area contributed by atoms with Gasteiger partial charge < -0.3 is 10.8 Å². The van der Waals surface area contributed by atoms with Crippen molar-refractivity contribution in [3.8, 4) is 5.75 Å². The molecule has 0 aliphatic rings. The first-order chi connectivity index (χ1) is 13.3. The van der Waals surface area contributed by atoms with Gasteiger partial charge in [-0.05, 0) is 47.7 Å². The van der Waals surface area contributed by atoms with Gasteiger partial charge in [0.25, 0.3) is 0 Å². The minimum absolute atomic E-state index is 0.0516. The van der Waals surface area contributed by atoms with Gasteiger partial charge in [0.15, 0.2) is 0 Å². The van der Waals surface area contributed by atoms with Gasteiger partial charge in [-0.3, -0.25) is 5.41 Å². The molecule has 0 aromatic heterocycles. The minimum atomic E-state index is -4.12. The number of rotatable bonds is 8. The fraction of sp³-hybridized carbons (Fsp3) is 0.278. The highest BCUT2D eigenvalue weighted by atomic mass is 32.2. The number of primary sulfonamides is 1. The van der Waals surface area contributed by atoms with E-state index in [1.54, 1.807) is 12.1 Å². The van der Waals surface area contributed by atoms with Gasteiger partial charge in [-0.2, -0.15) is 0 Å². The van der Waals surface area contributed by atoms with Crippen molar-refractivity contribution in [3.63, 3.8) is 0 Å². The van der Waals surface area contributed by atoms with Crippen LogP contribution in [0.25, 0.3) is 0 Å². The van der Waals surface area contributed by atoms with E-state index >= 15 is 0 Å². The highest BCUT2D eigenvalue weighted by molar-refractivity contribution is 7.89. The third kappa shape index (κ3) is 5.54. The van der Waals surface area contributed by atoms with Crippen LogP contribution in [0.3, 0.4) is 0 Å². The Morgan fingerprint density at radius 1 is 1.10 bits per heavy atom. The molecule has 0 fully saturated rings. The molecule has 2 aromatic carbocycles. The van der Waals surface area contributed by atoms with Gasteiger partial charge in [-0.1, -0.05) is 26.0 Å². The number of hydrogen-bond acceptors (Lipinski definition) is 6. The first-order valence-electron chi connectivity index (χ1n) is 8.65. The van der Waals surface area contributed by atoms with Crippen molar-refractivity contribution in [3.05, 3.63) is 53.1 Å². The minimum Gasteiger partial charge on any atom is -0.507 e. The normalized spacial score (nSPS) is 12.3. The summed E-state index contributed by atoms with van der Waals surface area (Å²) in [5.41, 5.74) is 6.68. The number of nitrogens with one attached hydrogen (secondary N) is 2. The Kier molecular flexibility index (Phi) is 6.68. The molecular weight excluding hydrogens is 416 g/mol. The molecule has 2 rings (SSSR count). The standard InChI is InChI=1S/C18H24N4O5S2/c1-11(2)13-4-3-12(16(9-13)28(21,24)25)7-8-22-29(26,27)17-10-14(18(19)20)5-6-15(17)23/h3-6,9-11,22-23H,7-8H2,1-2H3,(H3,19,20)(H2,21,24,25). The van der Waals surface area contributed by atoms with Gasteiger partial charge in [0.1, 0.15) is 16.5 Å². The second-order valence-corrected chi connectivity index (χ2v) is 10.1. The summed E-state index contributed by atoms with van der Waals surface area (Å²) in [5, 5.41) is 22.6. The first kappa shape index (κ1) is 22.8. The number of nitrogens with two attached hydrogens (primary N) is 2. The van der Waals surface area contributed by atoms with E-state index in [9.17, 15) is 21.9 Å². The molecule has 2 aromatic rings. The molecule has 0 heterocycles. The molecule has 7 N–H and O–H groups in total. The number of sulfonamides is 2. The number of hydrogen-bond donors (Lipinski definition) is 5. The highest BCUT2D eigenvalue weighted by Gasteiger charge is 2.21. The molecule has 0 saturated heterocycles. The van der Waals surface area contributed by atoms with Crippen molar-refractivity contribution in [1.29, 1.82) is 5.41 Å². The van der Waals surface area contributed by atoms with Crippen LogP contribution < -0.4 is 15.6 Å². The van der Waals surface area contributed by atoms with E-state index in [0.717, 1.165) is 17.7 Å². The summed E-state index contributed by atoms with van der Waals surface area (Å²) in [4.78, 5) is -0.476. The van der Waals surface area contributed by atoms with Crippen molar-refractivity contribution in [2.75, 3.05) is 6.54 Å². The fourth-order valence-corrected chi connectivity index (χ4v) is 4.68. The van der Waals surface area contributed by atoms with E-state index in [-0.39, 0.29) is 35.2 Å². The third-order valence-corrected chi connectivity index (χ3v) is 6.79. The van der Waals surface area contributed by atoms with E-state index in [1.165, 1.54) is 12.1 Å². The lowest BCUT2D eigenvalue weighted by molar-refractivity contribution is 0.458. The smallest absolute Gasteiger partial charge is 0.244 e. The van der Waals surface area contributed by atoms with Crippen LogP contribution in [0.15, 0.2) is 46.2 Å². The maximum Gasteiger partial charge on any atom is 0.244 e. The Labute approximate surface area is 170 Å². The lowest BCUT2D eigenvalue weighted by Crippen LogP contribution is -2.27. The summed E-state index contributed by atoms with van der Waals surface area (Å²) < 4.78 is 51.2. The number of amidine groups is 1. The van der Waals surface area contributed by atoms with Crippen molar-refractivity contribution < 1.29 is 21.9 Å². The van der Waals surface area contributed by atoms with Crippen LogP contribution in [0.5, 0.6) is 5.75 Å². The number of phenols is 1. The van der Waals surface area contributed by atoms with Crippen LogP contribution in [0.2, 0.25) is 0 Å². The van der Waals surface area contributed by atoms with Gasteiger partial charge in [-0.15, -0.1) is 0 Å². The van der Waals surface area contributed by atoms with Gasteiger partial charge in [0.05, 0.1) is 4.90 Å². The van der Waals surface area contributed by atoms with E-state index in [4.69, 9.17) is 16.3 Å². The van der Waals surface area contributed by atoms with E-state index in [1.807, 2.05) is 13.8 Å². The molecule has 0 aliphatic heterocycles. The zero-order chi connectivity index (χ0) is 22.0. The number of phenolic OH excluding ortho intramolecular Hbond substituents is 1. The number of nitrogen functional groups attached to an aromatic ring is 1. The summed E-state index contributed by atoms with van der Waals surface area (Å²) in [6.07, 6.45) is 0.0660. The zero-order valence-corrected chi connectivity index (χ0v) is 17.6. The second-order valence-electron chi connectivity index (χ2n) is 6.81. The summed E-state index contributed by atoms with van der Waals surface area (Å²) in [6.45, 7) is 3.70. The van der Waals surface area contributed by atoms with E-state index in [2.05, 4.69) is 4.72 Å². The Bertz CT molecular complexity index is 1140. The lowest BCUT2D eigenvalue weighted by Gasteiger charge is -2.13. The first-order valence-corrected chi connectivity index (χ1v) is 11.7. The maximum atomic E-state index is 12.5. The Hall–Kier alpha value is -2.47. The number of aromatic hydroxyl groups is 1. The Morgan fingerprint density at radius 3 is 2.31 bits per heavy atom. The summed E-state index contributed by atoms with van der Waals surface area (Å²) in [5.74, 6) is -0.738. The number of benzene rings is 2. The third-order valence-electron chi connectivity index (χ3n) is 4.31. The molecule has 29 heavy (non-hydrogen) atoms. The second kappa shape index (κ2) is 8.49. The van der Waals surface area contributed by atoms with Crippen molar-refractivity contribution in [2.45, 2.75) is 36.0 Å². The van der Waals surface area contributed by atoms with Gasteiger partial charge in [0, 0.05) is 12.1 Å². The monoisotopic (exact) mass is 440 g/mol. The average molecular weight is 441 g/mol. The van der Waals surface area contributed by atoms with Crippen LogP contribution >= 0.6 is 0 Å². The molecule has 0 atom stereocenters. The summed E-state index contributed by atoms with van der Waals surface area (Å²) >= 11 is 0. The lowest BCUT2D eigenvalue weighted by atomic mass is 10.0. The van der Waals surface area contributed by atoms with Crippen molar-refractivity contribution >= 4 is 25.9 Å². The SMILES string of the molecule is CC(C)c1ccc(CCNS(=O)(=O)c2cc(C(=N)N)ccc2O)c(S(N)(=O)=O)c1. The van der Waals surface area contributed by atoms with Gasteiger partial charge >= 0.3 is 0 Å². The molecule has 0 unspecified atom stereocenters. The van der Waals surface area contributed by atoms with Crippen LogP contribution in [0, 0.1) is 5.41 Å². The van der Waals surface area contributed by atoms with Gasteiger partial charge in [0.2, 0.25) is 20.0 Å². The van der Waals surface area contributed by atoms with Crippen molar-refractivity contribution in [2.24, 2.45) is 10.9 Å². The maximum absolute atomic E-state index is 12.5. The molecule has 0 amide bonds. The average Bonchev–Trinajstić information content (AvgIpc) is 2.60. The van der Waals surface area contributed by atoms with Crippen LogP contribution in [0.1, 0.15) is 36.5 Å². The molecule has 11 heteroatoms. The topological polar surface area (TPSA) is 176 Å². The Morgan fingerprint density at radius 2 is 1.76 bits per heavy atom. The molecule has 158 valence electrons. The Balaban J connectivity index is 2.26. The molecule has 0 aliphatic carbocycles. The van der Waals surface area contributed by atoms with E-state index in [0.29, 0.717) is 5.56 Å². The van der Waals surface area contributed by atoms with Crippen molar-refractivity contribution in [1.82, 2.24) is 4.72 Å². The van der Waals surface area contributed by atoms with Crippen LogP contribution in [0.4, 0.5) is 0 Å². The quantitative estimate of drug-likeness (QED) is 0.301. The molecule has 0 spiro atoms.